The minimum Gasteiger partial charge on any atom is -0.398 e. The van der Waals surface area contributed by atoms with E-state index in [1.807, 2.05) is 24.3 Å². The van der Waals surface area contributed by atoms with Crippen molar-refractivity contribution >= 4 is 17.2 Å². The van der Waals surface area contributed by atoms with Crippen LogP contribution < -0.4 is 11.5 Å². The molecule has 4 N–H and O–H groups in total. The number of Topliss-reactive ketones (excluding diaryl/α,β-unsaturated/α-hetero) is 1. The molecule has 112 valence electrons. The van der Waals surface area contributed by atoms with Crippen molar-refractivity contribution in [3.8, 4) is 0 Å². The fourth-order valence-corrected chi connectivity index (χ4v) is 4.20. The highest BCUT2D eigenvalue weighted by Gasteiger charge is 2.37. The lowest BCUT2D eigenvalue weighted by atomic mass is 9.85. The maximum absolute atomic E-state index is 13.1. The summed E-state index contributed by atoms with van der Waals surface area (Å²) in [5.41, 5.74) is 18.4. The first kappa shape index (κ1) is 13.4. The first-order valence-electron chi connectivity index (χ1n) is 7.95. The molecule has 0 saturated heterocycles. The molecular formula is C19H20N2O. The first-order valence-corrected chi connectivity index (χ1v) is 7.95. The maximum Gasteiger partial charge on any atom is 0.147 e. The second-order valence-electron chi connectivity index (χ2n) is 6.41. The van der Waals surface area contributed by atoms with Crippen LogP contribution in [0.3, 0.4) is 0 Å². The molecule has 4 rings (SSSR count). The van der Waals surface area contributed by atoms with Crippen LogP contribution >= 0.6 is 0 Å². The Morgan fingerprint density at radius 3 is 1.73 bits per heavy atom. The molecular weight excluding hydrogens is 272 g/mol. The van der Waals surface area contributed by atoms with Crippen LogP contribution in [0.25, 0.3) is 0 Å². The lowest BCUT2D eigenvalue weighted by Crippen LogP contribution is -2.17. The highest BCUT2D eigenvalue weighted by molar-refractivity contribution is 5.94. The van der Waals surface area contributed by atoms with Crippen LogP contribution in [-0.4, -0.2) is 5.78 Å². The third kappa shape index (κ3) is 1.85. The fourth-order valence-electron chi connectivity index (χ4n) is 4.20. The summed E-state index contributed by atoms with van der Waals surface area (Å²) in [6.45, 7) is 0. The molecule has 0 bridgehead atoms. The van der Waals surface area contributed by atoms with E-state index in [4.69, 9.17) is 11.5 Å². The van der Waals surface area contributed by atoms with Crippen LogP contribution in [0.4, 0.5) is 11.4 Å². The minimum absolute atomic E-state index is 0.00381. The monoisotopic (exact) mass is 292 g/mol. The van der Waals surface area contributed by atoms with Gasteiger partial charge in [0.05, 0.1) is 0 Å². The summed E-state index contributed by atoms with van der Waals surface area (Å²) >= 11 is 0. The summed E-state index contributed by atoms with van der Waals surface area (Å²) in [6, 6.07) is 11.9. The normalized spacial score (nSPS) is 22.4. The molecule has 2 aliphatic rings. The topological polar surface area (TPSA) is 69.1 Å². The molecule has 0 aliphatic heterocycles. The number of hydrogen-bond acceptors (Lipinski definition) is 3. The Morgan fingerprint density at radius 2 is 1.27 bits per heavy atom. The summed E-state index contributed by atoms with van der Waals surface area (Å²) in [5, 5.41) is 0. The summed E-state index contributed by atoms with van der Waals surface area (Å²) < 4.78 is 0. The van der Waals surface area contributed by atoms with E-state index >= 15 is 0 Å². The van der Waals surface area contributed by atoms with Crippen LogP contribution in [0.2, 0.25) is 0 Å². The maximum atomic E-state index is 13.1. The minimum atomic E-state index is -0.00381. The Hall–Kier alpha value is -2.29. The highest BCUT2D eigenvalue weighted by atomic mass is 16.1. The van der Waals surface area contributed by atoms with Crippen LogP contribution in [0.1, 0.15) is 46.9 Å². The van der Waals surface area contributed by atoms with Gasteiger partial charge in [-0.05, 0) is 60.1 Å². The van der Waals surface area contributed by atoms with Crippen molar-refractivity contribution in [1.29, 1.82) is 0 Å². The summed E-state index contributed by atoms with van der Waals surface area (Å²) in [6.07, 6.45) is 3.59. The summed E-state index contributed by atoms with van der Waals surface area (Å²) in [5.74, 6) is 0.334. The molecule has 22 heavy (non-hydrogen) atoms. The van der Waals surface area contributed by atoms with Crippen LogP contribution in [0, 0.1) is 0 Å². The van der Waals surface area contributed by atoms with Gasteiger partial charge in [-0.1, -0.05) is 24.3 Å². The van der Waals surface area contributed by atoms with Crippen molar-refractivity contribution in [1.82, 2.24) is 0 Å². The summed E-state index contributed by atoms with van der Waals surface area (Å²) in [7, 11) is 0. The molecule has 0 saturated carbocycles. The van der Waals surface area contributed by atoms with Gasteiger partial charge in [-0.15, -0.1) is 0 Å². The van der Waals surface area contributed by atoms with Gasteiger partial charge in [-0.3, -0.25) is 4.79 Å². The van der Waals surface area contributed by atoms with Crippen molar-refractivity contribution < 1.29 is 4.79 Å². The summed E-state index contributed by atoms with van der Waals surface area (Å²) in [4.78, 5) is 13.1. The molecule has 0 aromatic heterocycles. The van der Waals surface area contributed by atoms with Crippen LogP contribution in [0.5, 0.6) is 0 Å². The number of benzene rings is 2. The van der Waals surface area contributed by atoms with E-state index in [0.717, 1.165) is 48.2 Å². The Morgan fingerprint density at radius 1 is 0.818 bits per heavy atom. The van der Waals surface area contributed by atoms with Crippen molar-refractivity contribution in [3.63, 3.8) is 0 Å². The van der Waals surface area contributed by atoms with E-state index in [1.165, 1.54) is 11.1 Å². The molecule has 0 heterocycles. The number of nitrogens with two attached hydrogens (primary N) is 2. The van der Waals surface area contributed by atoms with E-state index in [1.54, 1.807) is 0 Å². The molecule has 2 unspecified atom stereocenters. The van der Waals surface area contributed by atoms with E-state index in [-0.39, 0.29) is 11.8 Å². The second-order valence-corrected chi connectivity index (χ2v) is 6.41. The molecule has 2 aliphatic carbocycles. The van der Waals surface area contributed by atoms with Crippen LogP contribution in [-0.2, 0) is 17.6 Å². The number of anilines is 2. The third-order valence-electron chi connectivity index (χ3n) is 5.30. The van der Waals surface area contributed by atoms with E-state index in [2.05, 4.69) is 12.1 Å². The van der Waals surface area contributed by atoms with Gasteiger partial charge in [0.25, 0.3) is 0 Å². The fraction of sp³-hybridized carbons (Fsp3) is 0.316. The third-order valence-corrected chi connectivity index (χ3v) is 5.30. The molecule has 0 amide bonds. The van der Waals surface area contributed by atoms with Gasteiger partial charge in [0, 0.05) is 23.2 Å². The molecule has 3 heteroatoms. The van der Waals surface area contributed by atoms with Crippen molar-refractivity contribution in [2.24, 2.45) is 0 Å². The Labute approximate surface area is 130 Å². The first-order chi connectivity index (χ1) is 10.7. The number of carbonyl (C=O) groups excluding carboxylic acids is 1. The average Bonchev–Trinajstić information content (AvgIpc) is 3.12. The van der Waals surface area contributed by atoms with Crippen molar-refractivity contribution in [2.45, 2.75) is 37.5 Å². The van der Waals surface area contributed by atoms with Gasteiger partial charge in [0.2, 0.25) is 0 Å². The standard InChI is InChI=1S/C19H20N2O/c20-17-5-1-3-11-13(17)7-9-15(11)19(22)16-10-8-14-12(16)4-2-6-18(14)21/h1-6,15-16H,7-10,20-21H2. The lowest BCUT2D eigenvalue weighted by Gasteiger charge is -2.17. The van der Waals surface area contributed by atoms with Crippen molar-refractivity contribution in [2.75, 3.05) is 11.5 Å². The molecule has 3 nitrogen and oxygen atoms in total. The number of rotatable bonds is 2. The average molecular weight is 292 g/mol. The molecule has 2 aromatic rings. The quantitative estimate of drug-likeness (QED) is 0.835. The number of hydrogen-bond donors (Lipinski definition) is 2. The number of ketones is 1. The number of nitrogen functional groups attached to an aromatic ring is 2. The SMILES string of the molecule is Nc1cccc2c1CCC2C(=O)C1CCc2c(N)cccc21. The largest absolute Gasteiger partial charge is 0.398 e. The zero-order chi connectivity index (χ0) is 15.3. The van der Waals surface area contributed by atoms with Crippen LogP contribution in [0.15, 0.2) is 36.4 Å². The predicted molar refractivity (Wildman–Crippen MR) is 88.8 cm³/mol. The highest BCUT2D eigenvalue weighted by Crippen LogP contribution is 2.44. The van der Waals surface area contributed by atoms with E-state index in [0.29, 0.717) is 5.78 Å². The van der Waals surface area contributed by atoms with Crippen molar-refractivity contribution in [3.05, 3.63) is 58.7 Å². The Bertz CT molecular complexity index is 703. The van der Waals surface area contributed by atoms with Gasteiger partial charge >= 0.3 is 0 Å². The zero-order valence-corrected chi connectivity index (χ0v) is 12.5. The van der Waals surface area contributed by atoms with E-state index < -0.39 is 0 Å². The molecule has 0 radical (unpaired) electrons. The predicted octanol–water partition coefficient (Wildman–Crippen LogP) is 3.18. The van der Waals surface area contributed by atoms with Gasteiger partial charge in [-0.2, -0.15) is 0 Å². The molecule has 0 fully saturated rings. The number of carbonyl (C=O) groups is 1. The Balaban J connectivity index is 1.69. The smallest absolute Gasteiger partial charge is 0.147 e. The van der Waals surface area contributed by atoms with Gasteiger partial charge in [-0.25, -0.2) is 0 Å². The van der Waals surface area contributed by atoms with E-state index in [9.17, 15) is 4.79 Å². The van der Waals surface area contributed by atoms with Gasteiger partial charge in [0.15, 0.2) is 0 Å². The molecule has 0 spiro atoms. The zero-order valence-electron chi connectivity index (χ0n) is 12.5. The lowest BCUT2D eigenvalue weighted by molar-refractivity contribution is -0.121. The molecule has 2 atom stereocenters. The van der Waals surface area contributed by atoms with Gasteiger partial charge < -0.3 is 11.5 Å². The number of fused-ring (bicyclic) bond motifs is 2. The van der Waals surface area contributed by atoms with Gasteiger partial charge in [0.1, 0.15) is 5.78 Å². The second kappa shape index (κ2) is 4.87. The Kier molecular flexibility index (Phi) is 2.96. The molecule has 2 aromatic carbocycles.